The Morgan fingerprint density at radius 3 is 2.89 bits per heavy atom. The molecule has 0 amide bonds. The summed E-state index contributed by atoms with van der Waals surface area (Å²) < 4.78 is 10.9. The lowest BCUT2D eigenvalue weighted by Gasteiger charge is -2.05. The van der Waals surface area contributed by atoms with E-state index in [0.29, 0.717) is 16.0 Å². The van der Waals surface area contributed by atoms with Crippen molar-refractivity contribution in [2.45, 2.75) is 13.5 Å². The van der Waals surface area contributed by atoms with Crippen LogP contribution in [0.3, 0.4) is 0 Å². The molecular weight excluding hydrogens is 302 g/mol. The lowest BCUT2D eigenvalue weighted by Crippen LogP contribution is -2.00. The molecule has 2 aromatic rings. The van der Waals surface area contributed by atoms with E-state index in [0.717, 1.165) is 5.69 Å². The molecule has 0 spiro atoms. The molecule has 0 aliphatic carbocycles. The summed E-state index contributed by atoms with van der Waals surface area (Å²) in [4.78, 5) is 10.9. The fourth-order valence-corrected chi connectivity index (χ4v) is 1.81. The highest BCUT2D eigenvalue weighted by atomic mass is 79.9. The molecule has 1 aromatic heterocycles. The lowest BCUT2D eigenvalue weighted by molar-refractivity contribution is 0.0695. The van der Waals surface area contributed by atoms with E-state index in [1.165, 1.54) is 6.07 Å². The molecule has 0 saturated carbocycles. The molecule has 0 aliphatic rings. The lowest BCUT2D eigenvalue weighted by atomic mass is 10.2. The topological polar surface area (TPSA) is 72.6 Å². The molecule has 0 saturated heterocycles. The van der Waals surface area contributed by atoms with Crippen LogP contribution < -0.4 is 4.74 Å². The molecule has 18 heavy (non-hydrogen) atoms. The number of benzene rings is 1. The van der Waals surface area contributed by atoms with Crippen LogP contribution in [0.5, 0.6) is 5.75 Å². The van der Waals surface area contributed by atoms with E-state index in [1.54, 1.807) is 18.2 Å². The van der Waals surface area contributed by atoms with Gasteiger partial charge in [-0.2, -0.15) is 0 Å². The van der Waals surface area contributed by atoms with Gasteiger partial charge >= 0.3 is 5.97 Å². The second-order valence-electron chi connectivity index (χ2n) is 3.67. The van der Waals surface area contributed by atoms with Gasteiger partial charge in [-0.05, 0) is 41.1 Å². The van der Waals surface area contributed by atoms with Crippen molar-refractivity contribution >= 4 is 21.9 Å². The molecule has 6 heteroatoms. The summed E-state index contributed by atoms with van der Waals surface area (Å²) in [5.74, 6) is 0.0415. The number of halogens is 1. The van der Waals surface area contributed by atoms with E-state index in [-0.39, 0.29) is 12.2 Å². The second-order valence-corrected chi connectivity index (χ2v) is 4.52. The third-order valence-corrected chi connectivity index (χ3v) is 2.92. The first-order valence-electron chi connectivity index (χ1n) is 5.14. The Hall–Kier alpha value is -1.82. The SMILES string of the molecule is Cc1cc(COc2ccc(Br)c(C(=O)O)c2)on1. The van der Waals surface area contributed by atoms with Crippen molar-refractivity contribution in [1.82, 2.24) is 5.16 Å². The number of hydrogen-bond acceptors (Lipinski definition) is 4. The van der Waals surface area contributed by atoms with Crippen LogP contribution in [0.1, 0.15) is 21.8 Å². The van der Waals surface area contributed by atoms with E-state index >= 15 is 0 Å². The van der Waals surface area contributed by atoms with Crippen LogP contribution in [0.2, 0.25) is 0 Å². The number of aromatic nitrogens is 1. The van der Waals surface area contributed by atoms with E-state index in [9.17, 15) is 4.79 Å². The molecule has 0 radical (unpaired) electrons. The van der Waals surface area contributed by atoms with Gasteiger partial charge in [0.25, 0.3) is 0 Å². The molecule has 0 atom stereocenters. The van der Waals surface area contributed by atoms with E-state index < -0.39 is 5.97 Å². The third kappa shape index (κ3) is 2.89. The molecule has 0 aliphatic heterocycles. The Morgan fingerprint density at radius 1 is 1.50 bits per heavy atom. The second kappa shape index (κ2) is 5.22. The summed E-state index contributed by atoms with van der Waals surface area (Å²) in [5.41, 5.74) is 0.928. The van der Waals surface area contributed by atoms with Crippen LogP contribution >= 0.6 is 15.9 Å². The maximum atomic E-state index is 10.9. The molecular formula is C12H10BrNO4. The van der Waals surface area contributed by atoms with E-state index in [4.69, 9.17) is 14.4 Å². The van der Waals surface area contributed by atoms with Gasteiger partial charge in [-0.25, -0.2) is 4.79 Å². The number of hydrogen-bond donors (Lipinski definition) is 1. The summed E-state index contributed by atoms with van der Waals surface area (Å²) in [6.07, 6.45) is 0. The van der Waals surface area contributed by atoms with Crippen molar-refractivity contribution in [1.29, 1.82) is 0 Å². The maximum absolute atomic E-state index is 10.9. The van der Waals surface area contributed by atoms with Crippen LogP contribution in [-0.4, -0.2) is 16.2 Å². The zero-order valence-electron chi connectivity index (χ0n) is 9.51. The molecule has 0 bridgehead atoms. The van der Waals surface area contributed by atoms with Crippen LogP contribution in [0.25, 0.3) is 0 Å². The maximum Gasteiger partial charge on any atom is 0.336 e. The molecule has 1 N–H and O–H groups in total. The fraction of sp³-hybridized carbons (Fsp3) is 0.167. The van der Waals surface area contributed by atoms with Gasteiger partial charge in [0.05, 0.1) is 11.3 Å². The molecule has 1 heterocycles. The minimum atomic E-state index is -1.01. The minimum Gasteiger partial charge on any atom is -0.486 e. The first kappa shape index (κ1) is 12.6. The molecule has 0 fully saturated rings. The Balaban J connectivity index is 2.10. The number of carbonyl (C=O) groups is 1. The van der Waals surface area contributed by atoms with Gasteiger partial charge in [0.1, 0.15) is 12.4 Å². The zero-order chi connectivity index (χ0) is 13.1. The number of ether oxygens (including phenoxy) is 1. The van der Waals surface area contributed by atoms with Crippen molar-refractivity contribution in [3.05, 3.63) is 45.8 Å². The van der Waals surface area contributed by atoms with Crippen LogP contribution in [-0.2, 0) is 6.61 Å². The predicted molar refractivity (Wildman–Crippen MR) is 66.7 cm³/mol. The zero-order valence-corrected chi connectivity index (χ0v) is 11.1. The standard InChI is InChI=1S/C12H10BrNO4/c1-7-4-9(18-14-7)6-17-8-2-3-11(13)10(5-8)12(15)16/h2-5H,6H2,1H3,(H,15,16). The summed E-state index contributed by atoms with van der Waals surface area (Å²) in [7, 11) is 0. The van der Waals surface area contributed by atoms with E-state index in [2.05, 4.69) is 21.1 Å². The fourth-order valence-electron chi connectivity index (χ4n) is 1.40. The van der Waals surface area contributed by atoms with Crippen molar-refractivity contribution in [3.8, 4) is 5.75 Å². The Kier molecular flexibility index (Phi) is 3.66. The number of carboxylic acids is 1. The first-order chi connectivity index (χ1) is 8.56. The first-order valence-corrected chi connectivity index (χ1v) is 5.93. The van der Waals surface area contributed by atoms with E-state index in [1.807, 2.05) is 6.92 Å². The summed E-state index contributed by atoms with van der Waals surface area (Å²) >= 11 is 3.17. The van der Waals surface area contributed by atoms with Crippen molar-refractivity contribution in [2.75, 3.05) is 0 Å². The van der Waals surface area contributed by atoms with Gasteiger partial charge in [-0.1, -0.05) is 5.16 Å². The van der Waals surface area contributed by atoms with Gasteiger partial charge in [0, 0.05) is 10.5 Å². The van der Waals surface area contributed by atoms with Crippen LogP contribution in [0, 0.1) is 6.92 Å². The normalized spacial score (nSPS) is 10.3. The Labute approximate surface area is 111 Å². The molecule has 94 valence electrons. The Morgan fingerprint density at radius 2 is 2.28 bits per heavy atom. The minimum absolute atomic E-state index is 0.154. The largest absolute Gasteiger partial charge is 0.486 e. The van der Waals surface area contributed by atoms with Crippen molar-refractivity contribution < 1.29 is 19.2 Å². The van der Waals surface area contributed by atoms with Gasteiger partial charge < -0.3 is 14.4 Å². The number of nitrogens with zero attached hydrogens (tertiary/aromatic N) is 1. The highest BCUT2D eigenvalue weighted by Gasteiger charge is 2.10. The molecule has 0 unspecified atom stereocenters. The molecule has 5 nitrogen and oxygen atoms in total. The highest BCUT2D eigenvalue weighted by Crippen LogP contribution is 2.23. The summed E-state index contributed by atoms with van der Waals surface area (Å²) in [6, 6.07) is 6.52. The summed E-state index contributed by atoms with van der Waals surface area (Å²) in [6.45, 7) is 2.02. The number of carboxylic acid groups (broad SMARTS) is 1. The van der Waals surface area contributed by atoms with Gasteiger partial charge in [-0.3, -0.25) is 0 Å². The highest BCUT2D eigenvalue weighted by molar-refractivity contribution is 9.10. The average Bonchev–Trinajstić information content (AvgIpc) is 2.74. The van der Waals surface area contributed by atoms with Crippen molar-refractivity contribution in [2.24, 2.45) is 0 Å². The van der Waals surface area contributed by atoms with Crippen molar-refractivity contribution in [3.63, 3.8) is 0 Å². The van der Waals surface area contributed by atoms with Gasteiger partial charge in [0.15, 0.2) is 5.76 Å². The summed E-state index contributed by atoms with van der Waals surface area (Å²) in [5, 5.41) is 12.7. The smallest absolute Gasteiger partial charge is 0.336 e. The predicted octanol–water partition coefficient (Wildman–Crippen LogP) is 3.02. The number of aryl methyl sites for hydroxylation is 1. The van der Waals surface area contributed by atoms with Crippen LogP contribution in [0.15, 0.2) is 33.3 Å². The van der Waals surface area contributed by atoms with Gasteiger partial charge in [0.2, 0.25) is 0 Å². The third-order valence-electron chi connectivity index (χ3n) is 2.23. The molecule has 2 rings (SSSR count). The quantitative estimate of drug-likeness (QED) is 0.939. The Bertz CT molecular complexity index is 579. The number of aromatic carboxylic acids is 1. The van der Waals surface area contributed by atoms with Gasteiger partial charge in [-0.15, -0.1) is 0 Å². The average molecular weight is 312 g/mol. The van der Waals surface area contributed by atoms with Crippen LogP contribution in [0.4, 0.5) is 0 Å². The monoisotopic (exact) mass is 311 g/mol. The number of rotatable bonds is 4. The molecule has 1 aromatic carbocycles.